The molecule has 2 aliphatic rings. The minimum atomic E-state index is -1.58. The number of halogens is 1. The van der Waals surface area contributed by atoms with E-state index < -0.39 is 67.6 Å². The summed E-state index contributed by atoms with van der Waals surface area (Å²) >= 11 is 0. The SMILES string of the molecule is C=C(C)C1C(F)C[C@H](OC2O[C@H](CO)[C@@H](O)[C@H](O)C2O)CC1OC(C)=O. The average molecular weight is 378 g/mol. The Morgan fingerprint density at radius 3 is 2.38 bits per heavy atom. The molecule has 4 N–H and O–H groups in total. The monoisotopic (exact) mass is 378 g/mol. The van der Waals surface area contributed by atoms with Gasteiger partial charge in [0.1, 0.15) is 36.7 Å². The van der Waals surface area contributed by atoms with Crippen molar-refractivity contribution in [3.8, 4) is 0 Å². The maximum Gasteiger partial charge on any atom is 0.302 e. The zero-order valence-corrected chi connectivity index (χ0v) is 14.8. The van der Waals surface area contributed by atoms with Gasteiger partial charge in [-0.05, 0) is 6.92 Å². The predicted molar refractivity (Wildman–Crippen MR) is 86.6 cm³/mol. The maximum absolute atomic E-state index is 14.6. The van der Waals surface area contributed by atoms with Crippen LogP contribution in [0.2, 0.25) is 0 Å². The van der Waals surface area contributed by atoms with Crippen LogP contribution in [-0.2, 0) is 19.0 Å². The molecule has 0 radical (unpaired) electrons. The molecule has 9 atom stereocenters. The zero-order chi connectivity index (χ0) is 19.6. The van der Waals surface area contributed by atoms with Crippen molar-refractivity contribution < 1.29 is 43.8 Å². The highest BCUT2D eigenvalue weighted by Gasteiger charge is 2.47. The molecule has 150 valence electrons. The van der Waals surface area contributed by atoms with Crippen molar-refractivity contribution in [3.63, 3.8) is 0 Å². The zero-order valence-electron chi connectivity index (χ0n) is 14.8. The molecule has 1 aliphatic heterocycles. The molecule has 0 aromatic rings. The summed E-state index contributed by atoms with van der Waals surface area (Å²) in [5, 5.41) is 38.8. The molecular formula is C17H27FO8. The molecule has 8 nitrogen and oxygen atoms in total. The Morgan fingerprint density at radius 1 is 1.19 bits per heavy atom. The molecule has 2 rings (SSSR count). The highest BCUT2D eigenvalue weighted by atomic mass is 19.1. The van der Waals surface area contributed by atoms with Gasteiger partial charge in [0, 0.05) is 25.7 Å². The fraction of sp³-hybridized carbons (Fsp3) is 0.824. The number of hydrogen-bond acceptors (Lipinski definition) is 8. The minimum absolute atomic E-state index is 0.0374. The Morgan fingerprint density at radius 2 is 1.85 bits per heavy atom. The Bertz CT molecular complexity index is 513. The third-order valence-electron chi connectivity index (χ3n) is 4.83. The van der Waals surface area contributed by atoms with Gasteiger partial charge < -0.3 is 34.6 Å². The first-order valence-corrected chi connectivity index (χ1v) is 8.58. The predicted octanol–water partition coefficient (Wildman–Crippen LogP) is -0.573. The lowest BCUT2D eigenvalue weighted by molar-refractivity contribution is -0.316. The number of hydrogen-bond donors (Lipinski definition) is 4. The standard InChI is InChI=1S/C17H27FO8/c1-7(2)13-10(18)4-9(5-11(13)24-8(3)20)25-17-16(23)15(22)14(21)12(6-19)26-17/h9-17,19,21-23H,1,4-6H2,2-3H3/t9-,10?,11?,12+,13?,14+,15-,16?,17?/m0/s1. The Balaban J connectivity index is 2.08. The fourth-order valence-electron chi connectivity index (χ4n) is 3.57. The molecule has 1 heterocycles. The van der Waals surface area contributed by atoms with Gasteiger partial charge in [0.2, 0.25) is 0 Å². The Hall–Kier alpha value is -1.10. The van der Waals surface area contributed by atoms with E-state index in [1.807, 2.05) is 0 Å². The number of carbonyl (C=O) groups is 1. The molecule has 1 saturated heterocycles. The first kappa shape index (κ1) is 21.2. The normalized spacial score (nSPS) is 43.7. The molecule has 0 aromatic carbocycles. The molecule has 0 bridgehead atoms. The third kappa shape index (κ3) is 4.59. The van der Waals surface area contributed by atoms with Gasteiger partial charge >= 0.3 is 5.97 Å². The molecule has 5 unspecified atom stereocenters. The van der Waals surface area contributed by atoms with Crippen LogP contribution < -0.4 is 0 Å². The second-order valence-electron chi connectivity index (χ2n) is 6.96. The van der Waals surface area contributed by atoms with Crippen LogP contribution in [-0.4, -0.2) is 82.1 Å². The summed E-state index contributed by atoms with van der Waals surface area (Å²) in [6.45, 7) is 6.05. The largest absolute Gasteiger partial charge is 0.462 e. The summed E-state index contributed by atoms with van der Waals surface area (Å²) < 4.78 is 30.7. The summed E-state index contributed by atoms with van der Waals surface area (Å²) in [6.07, 6.45) is -9.92. The van der Waals surface area contributed by atoms with Gasteiger partial charge in [0.15, 0.2) is 6.29 Å². The van der Waals surface area contributed by atoms with Gasteiger partial charge in [-0.1, -0.05) is 12.2 Å². The lowest BCUT2D eigenvalue weighted by atomic mass is 9.79. The number of aliphatic hydroxyl groups is 4. The second-order valence-corrected chi connectivity index (χ2v) is 6.96. The van der Waals surface area contributed by atoms with Gasteiger partial charge in [0.05, 0.1) is 12.7 Å². The highest BCUT2D eigenvalue weighted by molar-refractivity contribution is 5.66. The van der Waals surface area contributed by atoms with Crippen LogP contribution in [0.25, 0.3) is 0 Å². The first-order chi connectivity index (χ1) is 12.1. The van der Waals surface area contributed by atoms with Crippen LogP contribution in [0.3, 0.4) is 0 Å². The minimum Gasteiger partial charge on any atom is -0.462 e. The smallest absolute Gasteiger partial charge is 0.302 e. The average Bonchev–Trinajstić information content (AvgIpc) is 2.54. The summed E-state index contributed by atoms with van der Waals surface area (Å²) in [4.78, 5) is 11.3. The fourth-order valence-corrected chi connectivity index (χ4v) is 3.57. The molecule has 2 fully saturated rings. The Kier molecular flexibility index (Phi) is 7.12. The summed E-state index contributed by atoms with van der Waals surface area (Å²) in [7, 11) is 0. The van der Waals surface area contributed by atoms with E-state index >= 15 is 0 Å². The topological polar surface area (TPSA) is 126 Å². The maximum atomic E-state index is 14.6. The summed E-state index contributed by atoms with van der Waals surface area (Å²) in [5.41, 5.74) is 0.551. The number of ether oxygens (including phenoxy) is 3. The van der Waals surface area contributed by atoms with Gasteiger partial charge in [0.25, 0.3) is 0 Å². The quantitative estimate of drug-likeness (QED) is 0.370. The van der Waals surface area contributed by atoms with Crippen LogP contribution in [0.15, 0.2) is 12.2 Å². The van der Waals surface area contributed by atoms with Crippen molar-refractivity contribution in [2.75, 3.05) is 6.61 Å². The number of esters is 1. The number of rotatable bonds is 5. The van der Waals surface area contributed by atoms with E-state index in [4.69, 9.17) is 14.2 Å². The van der Waals surface area contributed by atoms with E-state index in [0.717, 1.165) is 0 Å². The number of carbonyl (C=O) groups excluding carboxylic acids is 1. The van der Waals surface area contributed by atoms with Gasteiger partial charge in [-0.15, -0.1) is 0 Å². The molecule has 26 heavy (non-hydrogen) atoms. The third-order valence-corrected chi connectivity index (χ3v) is 4.83. The van der Waals surface area contributed by atoms with Gasteiger partial charge in [-0.2, -0.15) is 0 Å². The lowest BCUT2D eigenvalue weighted by Crippen LogP contribution is -2.60. The summed E-state index contributed by atoms with van der Waals surface area (Å²) in [6, 6.07) is 0. The van der Waals surface area contributed by atoms with E-state index in [2.05, 4.69) is 6.58 Å². The van der Waals surface area contributed by atoms with Crippen LogP contribution in [0, 0.1) is 5.92 Å². The van der Waals surface area contributed by atoms with Crippen molar-refractivity contribution in [1.82, 2.24) is 0 Å². The van der Waals surface area contributed by atoms with Crippen molar-refractivity contribution in [2.45, 2.75) is 75.8 Å². The highest BCUT2D eigenvalue weighted by Crippen LogP contribution is 2.37. The first-order valence-electron chi connectivity index (χ1n) is 8.58. The van der Waals surface area contributed by atoms with Gasteiger partial charge in [-0.25, -0.2) is 4.39 Å². The van der Waals surface area contributed by atoms with Crippen molar-refractivity contribution in [3.05, 3.63) is 12.2 Å². The lowest BCUT2D eigenvalue weighted by Gasteiger charge is -2.43. The van der Waals surface area contributed by atoms with Gasteiger partial charge in [-0.3, -0.25) is 4.79 Å². The summed E-state index contributed by atoms with van der Waals surface area (Å²) in [5.74, 6) is -1.21. The van der Waals surface area contributed by atoms with Crippen LogP contribution in [0.1, 0.15) is 26.7 Å². The van der Waals surface area contributed by atoms with Crippen molar-refractivity contribution >= 4 is 5.97 Å². The molecule has 0 amide bonds. The van der Waals surface area contributed by atoms with E-state index in [0.29, 0.717) is 5.57 Å². The van der Waals surface area contributed by atoms with Crippen LogP contribution in [0.5, 0.6) is 0 Å². The molecule has 0 aromatic heterocycles. The molecule has 9 heteroatoms. The van der Waals surface area contributed by atoms with Crippen LogP contribution in [0.4, 0.5) is 4.39 Å². The van der Waals surface area contributed by atoms with E-state index in [1.54, 1.807) is 6.92 Å². The van der Waals surface area contributed by atoms with E-state index in [9.17, 15) is 29.6 Å². The number of alkyl halides is 1. The van der Waals surface area contributed by atoms with E-state index in [1.165, 1.54) is 6.92 Å². The van der Waals surface area contributed by atoms with E-state index in [-0.39, 0.29) is 12.8 Å². The second kappa shape index (κ2) is 8.73. The molecule has 1 saturated carbocycles. The Labute approximate surface area is 151 Å². The molecule has 1 aliphatic carbocycles. The van der Waals surface area contributed by atoms with Crippen molar-refractivity contribution in [2.24, 2.45) is 5.92 Å². The van der Waals surface area contributed by atoms with Crippen molar-refractivity contribution in [1.29, 1.82) is 0 Å². The van der Waals surface area contributed by atoms with Crippen LogP contribution >= 0.6 is 0 Å². The molecular weight excluding hydrogens is 351 g/mol. The molecule has 0 spiro atoms. The number of aliphatic hydroxyl groups excluding tert-OH is 4.